The molecular weight excluding hydrogens is 321 g/mol. The molecule has 0 unspecified atom stereocenters. The molecule has 2 rings (SSSR count). The Labute approximate surface area is 108 Å². The Morgan fingerprint density at radius 1 is 1.75 bits per heavy atom. The van der Waals surface area contributed by atoms with Crippen LogP contribution in [0.4, 0.5) is 0 Å². The van der Waals surface area contributed by atoms with Gasteiger partial charge in [-0.25, -0.2) is 0 Å². The summed E-state index contributed by atoms with van der Waals surface area (Å²) in [6, 6.07) is 0. The standard InChI is InChI=1S/C10H14IN3O2/c11-8-4-13-14(6-8)7-10(15)12-5-9-2-1-3-16-9/h4,6,9H,1-3,5,7H2,(H,12,15)/t9-/m0/s1. The minimum atomic E-state index is -0.0185. The van der Waals surface area contributed by atoms with Crippen LogP contribution in [0.15, 0.2) is 12.4 Å². The molecule has 1 saturated heterocycles. The first-order chi connectivity index (χ1) is 7.74. The minimum Gasteiger partial charge on any atom is -0.376 e. The van der Waals surface area contributed by atoms with Gasteiger partial charge in [-0.1, -0.05) is 0 Å². The summed E-state index contributed by atoms with van der Waals surface area (Å²) >= 11 is 2.16. The van der Waals surface area contributed by atoms with Crippen molar-refractivity contribution >= 4 is 28.5 Å². The number of nitrogens with zero attached hydrogens (tertiary/aromatic N) is 2. The van der Waals surface area contributed by atoms with Gasteiger partial charge in [-0.3, -0.25) is 9.48 Å². The van der Waals surface area contributed by atoms with Crippen molar-refractivity contribution in [3.63, 3.8) is 0 Å². The van der Waals surface area contributed by atoms with E-state index >= 15 is 0 Å². The van der Waals surface area contributed by atoms with Crippen LogP contribution in [0, 0.1) is 3.57 Å². The smallest absolute Gasteiger partial charge is 0.241 e. The Morgan fingerprint density at radius 2 is 2.62 bits per heavy atom. The fourth-order valence-corrected chi connectivity index (χ4v) is 2.11. The maximum absolute atomic E-state index is 11.5. The lowest BCUT2D eigenvalue weighted by atomic mass is 10.2. The lowest BCUT2D eigenvalue weighted by Gasteiger charge is -2.10. The van der Waals surface area contributed by atoms with E-state index < -0.39 is 0 Å². The van der Waals surface area contributed by atoms with Crippen molar-refractivity contribution in [1.29, 1.82) is 0 Å². The molecule has 1 amide bonds. The predicted molar refractivity (Wildman–Crippen MR) is 66.9 cm³/mol. The molecule has 5 nitrogen and oxygen atoms in total. The van der Waals surface area contributed by atoms with Gasteiger partial charge in [0, 0.05) is 19.3 Å². The quantitative estimate of drug-likeness (QED) is 0.828. The summed E-state index contributed by atoms with van der Waals surface area (Å²) in [5.41, 5.74) is 0. The molecule has 6 heteroatoms. The summed E-state index contributed by atoms with van der Waals surface area (Å²) in [5, 5.41) is 6.91. The number of ether oxygens (including phenoxy) is 1. The number of nitrogens with one attached hydrogen (secondary N) is 1. The summed E-state index contributed by atoms with van der Waals surface area (Å²) in [6.45, 7) is 1.70. The largest absolute Gasteiger partial charge is 0.376 e. The van der Waals surface area contributed by atoms with Crippen LogP contribution in [0.25, 0.3) is 0 Å². The van der Waals surface area contributed by atoms with Gasteiger partial charge in [0.25, 0.3) is 0 Å². The van der Waals surface area contributed by atoms with Crippen LogP contribution in [-0.2, 0) is 16.1 Å². The van der Waals surface area contributed by atoms with E-state index in [1.54, 1.807) is 10.9 Å². The molecule has 0 spiro atoms. The molecule has 16 heavy (non-hydrogen) atoms. The Balaban J connectivity index is 1.71. The molecule has 0 aromatic carbocycles. The Kier molecular flexibility index (Phi) is 4.16. The number of rotatable bonds is 4. The second-order valence-electron chi connectivity index (χ2n) is 3.80. The first-order valence-corrected chi connectivity index (χ1v) is 6.38. The third kappa shape index (κ3) is 3.44. The highest BCUT2D eigenvalue weighted by Crippen LogP contribution is 2.10. The van der Waals surface area contributed by atoms with Gasteiger partial charge in [0.05, 0.1) is 15.9 Å². The normalized spacial score (nSPS) is 19.9. The van der Waals surface area contributed by atoms with E-state index in [-0.39, 0.29) is 18.6 Å². The number of aromatic nitrogens is 2. The number of amides is 1. The van der Waals surface area contributed by atoms with Gasteiger partial charge >= 0.3 is 0 Å². The molecule has 1 fully saturated rings. The van der Waals surface area contributed by atoms with Crippen molar-refractivity contribution in [2.45, 2.75) is 25.5 Å². The Morgan fingerprint density at radius 3 is 3.25 bits per heavy atom. The van der Waals surface area contributed by atoms with Gasteiger partial charge < -0.3 is 10.1 Å². The van der Waals surface area contributed by atoms with Gasteiger partial charge in [-0.05, 0) is 35.4 Å². The van der Waals surface area contributed by atoms with Gasteiger partial charge in [0.2, 0.25) is 5.91 Å². The third-order valence-corrected chi connectivity index (χ3v) is 3.02. The second-order valence-corrected chi connectivity index (χ2v) is 5.04. The molecule has 0 bridgehead atoms. The van der Waals surface area contributed by atoms with E-state index in [2.05, 4.69) is 33.0 Å². The molecule has 88 valence electrons. The fraction of sp³-hybridized carbons (Fsp3) is 0.600. The molecule has 1 aromatic heterocycles. The van der Waals surface area contributed by atoms with Gasteiger partial charge in [0.1, 0.15) is 6.54 Å². The monoisotopic (exact) mass is 335 g/mol. The molecule has 0 aliphatic carbocycles. The maximum atomic E-state index is 11.5. The predicted octanol–water partition coefficient (Wildman–Crippen LogP) is 0.783. The van der Waals surface area contributed by atoms with Gasteiger partial charge in [-0.15, -0.1) is 0 Å². The highest BCUT2D eigenvalue weighted by molar-refractivity contribution is 14.1. The van der Waals surface area contributed by atoms with Crippen molar-refractivity contribution in [3.8, 4) is 0 Å². The molecular formula is C10H14IN3O2. The average Bonchev–Trinajstić information content (AvgIpc) is 2.87. The maximum Gasteiger partial charge on any atom is 0.241 e. The molecule has 2 heterocycles. The molecule has 1 aliphatic rings. The molecule has 0 radical (unpaired) electrons. The molecule has 1 atom stereocenters. The highest BCUT2D eigenvalue weighted by atomic mass is 127. The lowest BCUT2D eigenvalue weighted by Crippen LogP contribution is -2.34. The summed E-state index contributed by atoms with van der Waals surface area (Å²) in [6.07, 6.45) is 5.90. The first kappa shape index (κ1) is 11.8. The van der Waals surface area contributed by atoms with E-state index in [0.29, 0.717) is 6.54 Å². The Bertz CT molecular complexity index is 361. The highest BCUT2D eigenvalue weighted by Gasteiger charge is 2.16. The van der Waals surface area contributed by atoms with Crippen molar-refractivity contribution in [2.24, 2.45) is 0 Å². The Hall–Kier alpha value is -0.630. The van der Waals surface area contributed by atoms with Crippen molar-refractivity contribution in [3.05, 3.63) is 16.0 Å². The van der Waals surface area contributed by atoms with Gasteiger partial charge in [-0.2, -0.15) is 5.10 Å². The third-order valence-electron chi connectivity index (χ3n) is 2.46. The van der Waals surface area contributed by atoms with E-state index in [0.717, 1.165) is 23.0 Å². The average molecular weight is 335 g/mol. The first-order valence-electron chi connectivity index (χ1n) is 5.30. The molecule has 1 aromatic rings. The number of carbonyl (C=O) groups is 1. The van der Waals surface area contributed by atoms with Crippen molar-refractivity contribution in [1.82, 2.24) is 15.1 Å². The van der Waals surface area contributed by atoms with E-state index in [4.69, 9.17) is 4.74 Å². The number of halogens is 1. The molecule has 1 N–H and O–H groups in total. The SMILES string of the molecule is O=C(Cn1cc(I)cn1)NC[C@@H]1CCCO1. The van der Waals surface area contributed by atoms with Crippen molar-refractivity contribution < 1.29 is 9.53 Å². The van der Waals surface area contributed by atoms with Crippen LogP contribution < -0.4 is 5.32 Å². The number of carbonyl (C=O) groups excluding carboxylic acids is 1. The summed E-state index contributed by atoms with van der Waals surface area (Å²) < 4.78 is 8.08. The number of hydrogen-bond donors (Lipinski definition) is 1. The second kappa shape index (κ2) is 5.62. The molecule has 1 aliphatic heterocycles. The summed E-state index contributed by atoms with van der Waals surface area (Å²) in [4.78, 5) is 11.5. The van der Waals surface area contributed by atoms with Gasteiger partial charge in [0.15, 0.2) is 0 Å². The van der Waals surface area contributed by atoms with Crippen LogP contribution in [0.1, 0.15) is 12.8 Å². The number of hydrogen-bond acceptors (Lipinski definition) is 3. The zero-order valence-corrected chi connectivity index (χ0v) is 11.0. The zero-order valence-electron chi connectivity index (χ0n) is 8.86. The van der Waals surface area contributed by atoms with Crippen LogP contribution in [0.5, 0.6) is 0 Å². The minimum absolute atomic E-state index is 0.0185. The fourth-order valence-electron chi connectivity index (χ4n) is 1.66. The van der Waals surface area contributed by atoms with E-state index in [1.807, 2.05) is 6.20 Å². The zero-order chi connectivity index (χ0) is 11.4. The van der Waals surface area contributed by atoms with Crippen LogP contribution >= 0.6 is 22.6 Å². The van der Waals surface area contributed by atoms with E-state index in [1.165, 1.54) is 0 Å². The lowest BCUT2D eigenvalue weighted by molar-refractivity contribution is -0.122. The van der Waals surface area contributed by atoms with Crippen LogP contribution in [-0.4, -0.2) is 34.9 Å². The topological polar surface area (TPSA) is 56.2 Å². The van der Waals surface area contributed by atoms with Crippen molar-refractivity contribution in [2.75, 3.05) is 13.2 Å². The summed E-state index contributed by atoms with van der Waals surface area (Å²) in [7, 11) is 0. The molecule has 0 saturated carbocycles. The van der Waals surface area contributed by atoms with Crippen LogP contribution in [0.2, 0.25) is 0 Å². The van der Waals surface area contributed by atoms with E-state index in [9.17, 15) is 4.79 Å². The summed E-state index contributed by atoms with van der Waals surface area (Å²) in [5.74, 6) is -0.0185. The van der Waals surface area contributed by atoms with Crippen LogP contribution in [0.3, 0.4) is 0 Å².